The van der Waals surface area contributed by atoms with Crippen LogP contribution < -0.4 is 4.72 Å². The number of fused-ring (bicyclic) bond motifs is 1. The molecule has 9 heteroatoms. The Morgan fingerprint density at radius 1 is 0.950 bits per heavy atom. The molecule has 1 N–H and O–H groups in total. The molecule has 0 spiro atoms. The van der Waals surface area contributed by atoms with Gasteiger partial charge >= 0.3 is 11.9 Å². The average Bonchev–Trinajstić information content (AvgIpc) is 3.12. The van der Waals surface area contributed by atoms with Gasteiger partial charge in [-0.2, -0.15) is 4.72 Å². The Morgan fingerprint density at radius 2 is 1.50 bits per heavy atom. The Balaban J connectivity index is 2.12. The molecule has 0 aromatic heterocycles. The molecular weight excluding hydrogens is 528 g/mol. The molecule has 0 aliphatic carbocycles. The molecular formula is C31H34N2O6S. The van der Waals surface area contributed by atoms with E-state index in [9.17, 15) is 18.0 Å². The maximum atomic E-state index is 14.1. The highest BCUT2D eigenvalue weighted by atomic mass is 32.2. The van der Waals surface area contributed by atoms with Crippen LogP contribution in [-0.4, -0.2) is 44.3 Å². The lowest BCUT2D eigenvalue weighted by atomic mass is 9.80. The number of sulfonamides is 1. The molecule has 4 rings (SSSR count). The second kappa shape index (κ2) is 11.0. The number of hydrogen-bond acceptors (Lipinski definition) is 7. The first-order valence-corrected chi connectivity index (χ1v) is 14.5. The zero-order chi connectivity index (χ0) is 29.3. The van der Waals surface area contributed by atoms with Gasteiger partial charge in [-0.3, -0.25) is 4.99 Å². The highest BCUT2D eigenvalue weighted by molar-refractivity contribution is 7.90. The van der Waals surface area contributed by atoms with Crippen LogP contribution in [0.15, 0.2) is 82.7 Å². The van der Waals surface area contributed by atoms with Crippen molar-refractivity contribution in [3.8, 4) is 0 Å². The van der Waals surface area contributed by atoms with E-state index in [1.54, 1.807) is 47.6 Å². The summed E-state index contributed by atoms with van der Waals surface area (Å²) in [6, 6.07) is 19.9. The fourth-order valence-electron chi connectivity index (χ4n) is 4.98. The zero-order valence-corrected chi connectivity index (χ0v) is 24.3. The smallest absolute Gasteiger partial charge is 0.334 e. The van der Waals surface area contributed by atoms with Gasteiger partial charge in [0.25, 0.3) is 0 Å². The number of benzene rings is 3. The first kappa shape index (κ1) is 29.2. The van der Waals surface area contributed by atoms with Crippen molar-refractivity contribution in [2.24, 2.45) is 4.99 Å². The van der Waals surface area contributed by atoms with Crippen molar-refractivity contribution in [2.45, 2.75) is 63.6 Å². The molecule has 0 amide bonds. The van der Waals surface area contributed by atoms with Crippen molar-refractivity contribution in [1.82, 2.24) is 4.72 Å². The maximum absolute atomic E-state index is 14.1. The standard InChI is InChI=1S/C31H34N2O6S/c1-7-38-29(35)31(25-21(3)18-20(2)19-24(25)40(36,37)33-31)27(28(34)39-30(4,5)6)32-26(22-14-10-8-11-15-22)23-16-12-9-13-17-23/h8-19,27,33H,7H2,1-6H3/t27-,31+/m1/s1. The summed E-state index contributed by atoms with van der Waals surface area (Å²) in [7, 11) is -4.24. The molecule has 8 nitrogen and oxygen atoms in total. The molecule has 0 radical (unpaired) electrons. The van der Waals surface area contributed by atoms with Crippen LogP contribution >= 0.6 is 0 Å². The molecule has 3 aromatic carbocycles. The van der Waals surface area contributed by atoms with E-state index in [4.69, 9.17) is 14.5 Å². The van der Waals surface area contributed by atoms with Crippen LogP contribution in [0.4, 0.5) is 0 Å². The van der Waals surface area contributed by atoms with Gasteiger partial charge in [0.1, 0.15) is 5.60 Å². The van der Waals surface area contributed by atoms with E-state index in [1.165, 1.54) is 6.07 Å². The van der Waals surface area contributed by atoms with Crippen LogP contribution in [0, 0.1) is 13.8 Å². The largest absolute Gasteiger partial charge is 0.464 e. The van der Waals surface area contributed by atoms with Crippen LogP contribution in [0.3, 0.4) is 0 Å². The Hall–Kier alpha value is -3.82. The van der Waals surface area contributed by atoms with E-state index in [2.05, 4.69) is 4.72 Å². The van der Waals surface area contributed by atoms with Gasteiger partial charge in [0.15, 0.2) is 11.6 Å². The number of aliphatic imine (C=N–C) groups is 1. The topological polar surface area (TPSA) is 111 Å². The molecule has 40 heavy (non-hydrogen) atoms. The van der Waals surface area contributed by atoms with Crippen molar-refractivity contribution >= 4 is 27.7 Å². The van der Waals surface area contributed by atoms with Gasteiger partial charge in [-0.05, 0) is 58.7 Å². The third-order valence-corrected chi connectivity index (χ3v) is 7.90. The molecule has 0 saturated carbocycles. The molecule has 210 valence electrons. The number of nitrogens with one attached hydrogen (secondary N) is 1. The highest BCUT2D eigenvalue weighted by Gasteiger charge is 2.62. The molecule has 1 aliphatic rings. The van der Waals surface area contributed by atoms with Crippen LogP contribution in [0.25, 0.3) is 0 Å². The number of esters is 2. The number of aryl methyl sites for hydroxylation is 2. The maximum Gasteiger partial charge on any atom is 0.334 e. The number of rotatable bonds is 7. The highest BCUT2D eigenvalue weighted by Crippen LogP contribution is 2.44. The fourth-order valence-corrected chi connectivity index (χ4v) is 6.74. The summed E-state index contributed by atoms with van der Waals surface area (Å²) >= 11 is 0. The molecule has 3 aromatic rings. The Kier molecular flexibility index (Phi) is 8.01. The SMILES string of the molecule is CCOC(=O)[C@]1([C@H](N=C(c2ccccc2)c2ccccc2)C(=O)OC(C)(C)C)NS(=O)(=O)c2cc(C)cc(C)c21. The van der Waals surface area contributed by atoms with Gasteiger partial charge in [0, 0.05) is 16.7 Å². The van der Waals surface area contributed by atoms with E-state index in [0.29, 0.717) is 28.0 Å². The normalized spacial score (nSPS) is 18.4. The molecule has 2 atom stereocenters. The number of carbonyl (C=O) groups excluding carboxylic acids is 2. The van der Waals surface area contributed by atoms with E-state index < -0.39 is 39.1 Å². The summed E-state index contributed by atoms with van der Waals surface area (Å²) in [5, 5.41) is 0. The number of hydrogen-bond donors (Lipinski definition) is 1. The molecule has 0 bridgehead atoms. The summed E-state index contributed by atoms with van der Waals surface area (Å²) < 4.78 is 41.0. The van der Waals surface area contributed by atoms with E-state index in [1.807, 2.05) is 60.7 Å². The van der Waals surface area contributed by atoms with E-state index in [-0.39, 0.29) is 17.1 Å². The predicted molar refractivity (Wildman–Crippen MR) is 153 cm³/mol. The second-order valence-electron chi connectivity index (χ2n) is 10.7. The van der Waals surface area contributed by atoms with Crippen molar-refractivity contribution < 1.29 is 27.5 Å². The van der Waals surface area contributed by atoms with Gasteiger partial charge in [-0.1, -0.05) is 66.7 Å². The van der Waals surface area contributed by atoms with Gasteiger partial charge < -0.3 is 9.47 Å². The molecule has 1 aliphatic heterocycles. The fraction of sp³-hybridized carbons (Fsp3) is 0.323. The summed E-state index contributed by atoms with van der Waals surface area (Å²) in [5.41, 5.74) is -0.128. The van der Waals surface area contributed by atoms with Crippen molar-refractivity contribution in [3.05, 3.63) is 101 Å². The predicted octanol–water partition coefficient (Wildman–Crippen LogP) is 4.60. The zero-order valence-electron chi connectivity index (χ0n) is 23.5. The Labute approximate surface area is 235 Å². The first-order chi connectivity index (χ1) is 18.8. The lowest BCUT2D eigenvalue weighted by Crippen LogP contribution is -2.59. The van der Waals surface area contributed by atoms with Crippen molar-refractivity contribution in [3.63, 3.8) is 0 Å². The van der Waals surface area contributed by atoms with Gasteiger partial charge in [-0.25, -0.2) is 18.0 Å². The van der Waals surface area contributed by atoms with Crippen molar-refractivity contribution in [1.29, 1.82) is 0 Å². The van der Waals surface area contributed by atoms with Gasteiger partial charge in [-0.15, -0.1) is 0 Å². The monoisotopic (exact) mass is 562 g/mol. The minimum Gasteiger partial charge on any atom is -0.464 e. The average molecular weight is 563 g/mol. The summed E-state index contributed by atoms with van der Waals surface area (Å²) in [5.74, 6) is -1.81. The first-order valence-electron chi connectivity index (χ1n) is 13.0. The Bertz CT molecular complexity index is 1520. The minimum absolute atomic E-state index is 0.0441. The number of nitrogens with zero attached hydrogens (tertiary/aromatic N) is 1. The summed E-state index contributed by atoms with van der Waals surface area (Å²) in [6.07, 6.45) is 0. The minimum atomic E-state index is -4.24. The van der Waals surface area contributed by atoms with Crippen LogP contribution in [0.5, 0.6) is 0 Å². The quantitative estimate of drug-likeness (QED) is 0.333. The third-order valence-electron chi connectivity index (χ3n) is 6.41. The molecule has 0 unspecified atom stereocenters. The van der Waals surface area contributed by atoms with E-state index >= 15 is 0 Å². The van der Waals surface area contributed by atoms with Gasteiger partial charge in [0.05, 0.1) is 17.2 Å². The van der Waals surface area contributed by atoms with Gasteiger partial charge in [0.2, 0.25) is 10.0 Å². The number of ether oxygens (including phenoxy) is 2. The summed E-state index contributed by atoms with van der Waals surface area (Å²) in [4.78, 5) is 32.9. The third kappa shape index (κ3) is 5.57. The van der Waals surface area contributed by atoms with Crippen LogP contribution in [0.1, 0.15) is 55.5 Å². The lowest BCUT2D eigenvalue weighted by Gasteiger charge is -2.34. The van der Waals surface area contributed by atoms with E-state index in [0.717, 1.165) is 0 Å². The Morgan fingerprint density at radius 3 is 2.00 bits per heavy atom. The number of carbonyl (C=O) groups is 2. The lowest BCUT2D eigenvalue weighted by molar-refractivity contribution is -0.165. The second-order valence-corrected chi connectivity index (χ2v) is 12.4. The van der Waals surface area contributed by atoms with Crippen LogP contribution in [-0.2, 0) is 34.6 Å². The van der Waals surface area contributed by atoms with Crippen LogP contribution in [0.2, 0.25) is 0 Å². The molecule has 0 fully saturated rings. The molecule has 1 heterocycles. The summed E-state index contributed by atoms with van der Waals surface area (Å²) in [6.45, 7) is 10.1. The molecule has 0 saturated heterocycles. The van der Waals surface area contributed by atoms with Crippen molar-refractivity contribution in [2.75, 3.05) is 6.61 Å².